The summed E-state index contributed by atoms with van der Waals surface area (Å²) in [6.07, 6.45) is 3.77. The van der Waals surface area contributed by atoms with Gasteiger partial charge in [0.05, 0.1) is 23.4 Å². The number of benzene rings is 1. The highest BCUT2D eigenvalue weighted by Crippen LogP contribution is 2.18. The van der Waals surface area contributed by atoms with Crippen LogP contribution in [0.2, 0.25) is 0 Å². The average Bonchev–Trinajstić information content (AvgIpc) is 2.49. The second kappa shape index (κ2) is 7.05. The largest absolute Gasteiger partial charge is 0.494 e. The molecule has 0 unspecified atom stereocenters. The van der Waals surface area contributed by atoms with Gasteiger partial charge in [-0.2, -0.15) is 0 Å². The second-order valence-electron chi connectivity index (χ2n) is 4.31. The monoisotopic (exact) mass is 307 g/mol. The number of nitrogens with two attached hydrogens (primary N) is 1. The molecule has 21 heavy (non-hydrogen) atoms. The second-order valence-corrected chi connectivity index (χ2v) is 5.99. The summed E-state index contributed by atoms with van der Waals surface area (Å²) >= 11 is 0. The molecular formula is C14H17N3O3S. The average molecular weight is 307 g/mol. The number of rotatable bonds is 7. The fourth-order valence-electron chi connectivity index (χ4n) is 1.63. The van der Waals surface area contributed by atoms with E-state index in [2.05, 4.69) is 9.71 Å². The van der Waals surface area contributed by atoms with Crippen LogP contribution in [0.25, 0.3) is 0 Å². The van der Waals surface area contributed by atoms with Crippen LogP contribution >= 0.6 is 0 Å². The molecule has 7 heteroatoms. The van der Waals surface area contributed by atoms with Gasteiger partial charge in [0.1, 0.15) is 5.75 Å². The van der Waals surface area contributed by atoms with Crippen LogP contribution in [0.1, 0.15) is 6.42 Å². The van der Waals surface area contributed by atoms with Crippen LogP contribution in [0, 0.1) is 0 Å². The molecule has 3 N–H and O–H groups in total. The van der Waals surface area contributed by atoms with Crippen LogP contribution in [0.4, 0.5) is 5.69 Å². The van der Waals surface area contributed by atoms with Crippen molar-refractivity contribution in [1.29, 1.82) is 0 Å². The summed E-state index contributed by atoms with van der Waals surface area (Å²) in [5, 5.41) is 0. The molecule has 0 saturated heterocycles. The van der Waals surface area contributed by atoms with Gasteiger partial charge in [0.15, 0.2) is 0 Å². The third-order valence-electron chi connectivity index (χ3n) is 2.66. The number of sulfonamides is 1. The summed E-state index contributed by atoms with van der Waals surface area (Å²) in [5.41, 5.74) is 5.79. The van der Waals surface area contributed by atoms with Gasteiger partial charge in [-0.1, -0.05) is 0 Å². The number of nitrogens with zero attached hydrogens (tertiary/aromatic N) is 1. The normalized spacial score (nSPS) is 11.1. The first-order valence-electron chi connectivity index (χ1n) is 6.47. The Morgan fingerprint density at radius 2 is 1.95 bits per heavy atom. The Labute approximate surface area is 124 Å². The third kappa shape index (κ3) is 4.44. The van der Waals surface area contributed by atoms with Crippen molar-refractivity contribution in [3.05, 3.63) is 48.8 Å². The molecule has 112 valence electrons. The fourth-order valence-corrected chi connectivity index (χ4v) is 2.67. The highest BCUT2D eigenvalue weighted by Gasteiger charge is 2.14. The first-order chi connectivity index (χ1) is 10.1. The lowest BCUT2D eigenvalue weighted by molar-refractivity contribution is 0.313. The van der Waals surface area contributed by atoms with Gasteiger partial charge < -0.3 is 10.5 Å². The maximum atomic E-state index is 12.2. The van der Waals surface area contributed by atoms with Crippen LogP contribution in [-0.2, 0) is 10.0 Å². The maximum Gasteiger partial charge on any atom is 0.261 e. The van der Waals surface area contributed by atoms with E-state index in [0.29, 0.717) is 24.6 Å². The molecule has 0 aliphatic heterocycles. The zero-order chi connectivity index (χ0) is 15.1. The highest BCUT2D eigenvalue weighted by atomic mass is 32.2. The van der Waals surface area contributed by atoms with Crippen molar-refractivity contribution in [2.45, 2.75) is 11.3 Å². The van der Waals surface area contributed by atoms with E-state index in [9.17, 15) is 8.42 Å². The fraction of sp³-hybridized carbons (Fsp3) is 0.214. The van der Waals surface area contributed by atoms with E-state index in [1.807, 2.05) is 0 Å². The molecule has 0 bridgehead atoms. The van der Waals surface area contributed by atoms with Gasteiger partial charge in [-0.05, 0) is 49.4 Å². The van der Waals surface area contributed by atoms with E-state index in [0.717, 1.165) is 6.42 Å². The van der Waals surface area contributed by atoms with Crippen molar-refractivity contribution in [2.75, 3.05) is 17.9 Å². The van der Waals surface area contributed by atoms with Gasteiger partial charge >= 0.3 is 0 Å². The summed E-state index contributed by atoms with van der Waals surface area (Å²) < 4.78 is 32.2. The molecule has 6 nitrogen and oxygen atoms in total. The van der Waals surface area contributed by atoms with Gasteiger partial charge in [0, 0.05) is 6.20 Å². The van der Waals surface area contributed by atoms with Crippen LogP contribution in [0.5, 0.6) is 5.75 Å². The van der Waals surface area contributed by atoms with E-state index in [1.54, 1.807) is 30.5 Å². The maximum absolute atomic E-state index is 12.2. The highest BCUT2D eigenvalue weighted by molar-refractivity contribution is 7.92. The summed E-state index contributed by atoms with van der Waals surface area (Å²) in [7, 11) is -3.62. The quantitative estimate of drug-likeness (QED) is 0.758. The van der Waals surface area contributed by atoms with E-state index < -0.39 is 10.0 Å². The topological polar surface area (TPSA) is 94.3 Å². The standard InChI is InChI=1S/C14H17N3O3S/c15-8-2-10-20-13-4-6-14(7-5-13)21(18,19)17-12-3-1-9-16-11-12/h1,3-7,9,11,17H,2,8,10,15H2. The Morgan fingerprint density at radius 3 is 2.57 bits per heavy atom. The Kier molecular flexibility index (Phi) is 5.13. The first kappa shape index (κ1) is 15.3. The lowest BCUT2D eigenvalue weighted by Gasteiger charge is -2.09. The SMILES string of the molecule is NCCCOc1ccc(S(=O)(=O)Nc2cccnc2)cc1. The molecule has 0 radical (unpaired) electrons. The molecule has 1 heterocycles. The van der Waals surface area contributed by atoms with Crippen molar-refractivity contribution in [3.63, 3.8) is 0 Å². The lowest BCUT2D eigenvalue weighted by atomic mass is 10.3. The molecule has 0 atom stereocenters. The Balaban J connectivity index is 2.06. The van der Waals surface area contributed by atoms with E-state index in [4.69, 9.17) is 10.5 Å². The molecule has 1 aromatic heterocycles. The number of ether oxygens (including phenoxy) is 1. The Hall–Kier alpha value is -2.12. The predicted octanol–water partition coefficient (Wildman–Crippen LogP) is 1.61. The molecule has 0 saturated carbocycles. The zero-order valence-corrected chi connectivity index (χ0v) is 12.2. The molecule has 2 rings (SSSR count). The van der Waals surface area contributed by atoms with E-state index in [-0.39, 0.29) is 4.90 Å². The predicted molar refractivity (Wildman–Crippen MR) is 80.7 cm³/mol. The lowest BCUT2D eigenvalue weighted by Crippen LogP contribution is -2.13. The van der Waals surface area contributed by atoms with Gasteiger partial charge in [-0.25, -0.2) is 8.42 Å². The molecular weight excluding hydrogens is 290 g/mol. The molecule has 0 aliphatic carbocycles. The summed E-state index contributed by atoms with van der Waals surface area (Å²) in [4.78, 5) is 4.03. The van der Waals surface area contributed by atoms with Crippen molar-refractivity contribution in [3.8, 4) is 5.75 Å². The van der Waals surface area contributed by atoms with Crippen LogP contribution in [-0.4, -0.2) is 26.6 Å². The third-order valence-corrected chi connectivity index (χ3v) is 4.06. The van der Waals surface area contributed by atoms with E-state index >= 15 is 0 Å². The molecule has 0 amide bonds. The number of hydrogen-bond acceptors (Lipinski definition) is 5. The van der Waals surface area contributed by atoms with Gasteiger partial charge in [-0.15, -0.1) is 0 Å². The molecule has 0 spiro atoms. The summed E-state index contributed by atoms with van der Waals surface area (Å²) in [6, 6.07) is 9.52. The minimum atomic E-state index is -3.62. The van der Waals surface area contributed by atoms with Crippen LogP contribution in [0.15, 0.2) is 53.7 Å². The number of pyridine rings is 1. The zero-order valence-electron chi connectivity index (χ0n) is 11.4. The van der Waals surface area contributed by atoms with Crippen molar-refractivity contribution >= 4 is 15.7 Å². The Bertz CT molecular complexity index is 658. The van der Waals surface area contributed by atoms with Crippen molar-refractivity contribution in [2.24, 2.45) is 5.73 Å². The summed E-state index contributed by atoms with van der Waals surface area (Å²) in [6.45, 7) is 1.07. The molecule has 1 aromatic carbocycles. The molecule has 2 aromatic rings. The minimum Gasteiger partial charge on any atom is -0.494 e. The first-order valence-corrected chi connectivity index (χ1v) is 7.96. The van der Waals surface area contributed by atoms with E-state index in [1.165, 1.54) is 18.3 Å². The smallest absolute Gasteiger partial charge is 0.261 e. The molecule has 0 aliphatic rings. The van der Waals surface area contributed by atoms with Crippen LogP contribution < -0.4 is 15.2 Å². The van der Waals surface area contributed by atoms with Gasteiger partial charge in [0.2, 0.25) is 0 Å². The molecule has 0 fully saturated rings. The number of aromatic nitrogens is 1. The van der Waals surface area contributed by atoms with Gasteiger partial charge in [0.25, 0.3) is 10.0 Å². The Morgan fingerprint density at radius 1 is 1.19 bits per heavy atom. The number of hydrogen-bond donors (Lipinski definition) is 2. The van der Waals surface area contributed by atoms with Crippen molar-refractivity contribution in [1.82, 2.24) is 4.98 Å². The number of anilines is 1. The number of nitrogens with one attached hydrogen (secondary N) is 1. The van der Waals surface area contributed by atoms with Gasteiger partial charge in [-0.3, -0.25) is 9.71 Å². The van der Waals surface area contributed by atoms with Crippen molar-refractivity contribution < 1.29 is 13.2 Å². The van der Waals surface area contributed by atoms with Crippen LogP contribution in [0.3, 0.4) is 0 Å². The summed E-state index contributed by atoms with van der Waals surface area (Å²) in [5.74, 6) is 0.615. The minimum absolute atomic E-state index is 0.164.